The summed E-state index contributed by atoms with van der Waals surface area (Å²) < 4.78 is 16.1. The highest BCUT2D eigenvalue weighted by Crippen LogP contribution is 2.42. The summed E-state index contributed by atoms with van der Waals surface area (Å²) in [5.74, 6) is 2.76. The van der Waals surface area contributed by atoms with E-state index < -0.39 is 0 Å². The van der Waals surface area contributed by atoms with Crippen LogP contribution in [0.4, 0.5) is 0 Å². The average Bonchev–Trinajstić information content (AvgIpc) is 2.94. The van der Waals surface area contributed by atoms with Crippen LogP contribution in [0.1, 0.15) is 34.6 Å². The van der Waals surface area contributed by atoms with Crippen LogP contribution in [0.5, 0.6) is 23.0 Å². The standard InChI is InChI=1S/C26H34N2O5/c1-27(16-20-10-19-13-24(32-3)25(33-4)15-21(19)20)7-5-8-28-9-6-17-12-23(31-2)22(29)11-18(17)14-26(28)30/h11-13,15,20,29H,5-10,14,16H2,1-4H3/t20-/m1/s1. The third-order valence-electron chi connectivity index (χ3n) is 6.90. The third-order valence-corrected chi connectivity index (χ3v) is 6.90. The van der Waals surface area contributed by atoms with E-state index in [1.807, 2.05) is 11.0 Å². The maximum Gasteiger partial charge on any atom is 0.227 e. The fourth-order valence-corrected chi connectivity index (χ4v) is 5.01. The number of methoxy groups -OCH3 is 3. The summed E-state index contributed by atoms with van der Waals surface area (Å²) in [5, 5.41) is 10.1. The molecule has 2 aliphatic rings. The van der Waals surface area contributed by atoms with Crippen LogP contribution in [-0.2, 0) is 24.1 Å². The van der Waals surface area contributed by atoms with E-state index in [-0.39, 0.29) is 11.7 Å². The maximum atomic E-state index is 12.8. The molecule has 2 aromatic carbocycles. The molecule has 1 aliphatic heterocycles. The molecule has 1 amide bonds. The van der Waals surface area contributed by atoms with Gasteiger partial charge in [0.25, 0.3) is 0 Å². The number of aromatic hydroxyl groups is 1. The number of hydrogen-bond acceptors (Lipinski definition) is 6. The van der Waals surface area contributed by atoms with Crippen molar-refractivity contribution in [3.05, 3.63) is 46.5 Å². The third kappa shape index (κ3) is 4.88. The highest BCUT2D eigenvalue weighted by atomic mass is 16.5. The van der Waals surface area contributed by atoms with Gasteiger partial charge >= 0.3 is 0 Å². The van der Waals surface area contributed by atoms with Crippen molar-refractivity contribution in [2.45, 2.75) is 31.6 Å². The summed E-state index contributed by atoms with van der Waals surface area (Å²) in [6.45, 7) is 3.36. The van der Waals surface area contributed by atoms with Crippen molar-refractivity contribution >= 4 is 5.91 Å². The zero-order valence-corrected chi connectivity index (χ0v) is 20.0. The molecule has 0 radical (unpaired) electrons. The Kier molecular flexibility index (Phi) is 6.98. The van der Waals surface area contributed by atoms with E-state index in [1.165, 1.54) is 11.1 Å². The zero-order valence-electron chi connectivity index (χ0n) is 20.0. The van der Waals surface area contributed by atoms with E-state index in [0.717, 1.165) is 61.5 Å². The minimum Gasteiger partial charge on any atom is -0.504 e. The second kappa shape index (κ2) is 9.91. The molecule has 0 saturated carbocycles. The lowest BCUT2D eigenvalue weighted by molar-refractivity contribution is -0.130. The van der Waals surface area contributed by atoms with Gasteiger partial charge < -0.3 is 29.1 Å². The fraction of sp³-hybridized carbons (Fsp3) is 0.500. The number of fused-ring (bicyclic) bond motifs is 2. The maximum absolute atomic E-state index is 12.8. The van der Waals surface area contributed by atoms with Crippen molar-refractivity contribution in [2.24, 2.45) is 0 Å². The molecule has 0 bridgehead atoms. The van der Waals surface area contributed by atoms with Gasteiger partial charge in [-0.2, -0.15) is 0 Å². The van der Waals surface area contributed by atoms with Gasteiger partial charge in [0.05, 0.1) is 27.8 Å². The quantitative estimate of drug-likeness (QED) is 0.628. The van der Waals surface area contributed by atoms with Crippen molar-refractivity contribution in [3.63, 3.8) is 0 Å². The van der Waals surface area contributed by atoms with Crippen LogP contribution in [0.15, 0.2) is 24.3 Å². The van der Waals surface area contributed by atoms with Crippen LogP contribution >= 0.6 is 0 Å². The Morgan fingerprint density at radius 3 is 2.42 bits per heavy atom. The Labute approximate surface area is 195 Å². The number of likely N-dealkylation sites (N-methyl/N-ethyl adjacent to an activating group) is 1. The largest absolute Gasteiger partial charge is 0.504 e. The molecule has 1 aliphatic carbocycles. The lowest BCUT2D eigenvalue weighted by Gasteiger charge is -2.34. The van der Waals surface area contributed by atoms with Gasteiger partial charge in [-0.3, -0.25) is 4.79 Å². The molecule has 0 saturated heterocycles. The van der Waals surface area contributed by atoms with Crippen LogP contribution < -0.4 is 14.2 Å². The minimum absolute atomic E-state index is 0.0905. The topological polar surface area (TPSA) is 71.5 Å². The normalized spacial score (nSPS) is 17.2. The van der Waals surface area contributed by atoms with Crippen molar-refractivity contribution < 1.29 is 24.1 Å². The molecule has 4 rings (SSSR count). The Bertz CT molecular complexity index is 1020. The summed E-state index contributed by atoms with van der Waals surface area (Å²) >= 11 is 0. The first-order valence-corrected chi connectivity index (χ1v) is 11.5. The van der Waals surface area contributed by atoms with Gasteiger partial charge in [0.2, 0.25) is 5.91 Å². The van der Waals surface area contributed by atoms with E-state index >= 15 is 0 Å². The predicted octanol–water partition coefficient (Wildman–Crippen LogP) is 3.01. The number of hydrogen-bond donors (Lipinski definition) is 1. The molecule has 2 aromatic rings. The molecule has 7 nitrogen and oxygen atoms in total. The Balaban J connectivity index is 1.27. The number of carbonyl (C=O) groups excluding carboxylic acids is 1. The Morgan fingerprint density at radius 2 is 1.70 bits per heavy atom. The molecule has 0 aromatic heterocycles. The fourth-order valence-electron chi connectivity index (χ4n) is 5.01. The van der Waals surface area contributed by atoms with Gasteiger partial charge in [-0.1, -0.05) is 0 Å². The first kappa shape index (κ1) is 23.2. The van der Waals surface area contributed by atoms with Crippen LogP contribution in [0, 0.1) is 0 Å². The van der Waals surface area contributed by atoms with Crippen LogP contribution in [0.25, 0.3) is 0 Å². The predicted molar refractivity (Wildman–Crippen MR) is 127 cm³/mol. The highest BCUT2D eigenvalue weighted by Gasteiger charge is 2.29. The lowest BCUT2D eigenvalue weighted by Crippen LogP contribution is -2.36. The molecular formula is C26H34N2O5. The number of ether oxygens (including phenoxy) is 3. The number of phenols is 1. The average molecular weight is 455 g/mol. The number of rotatable bonds is 9. The monoisotopic (exact) mass is 454 g/mol. The van der Waals surface area contributed by atoms with E-state index in [1.54, 1.807) is 27.4 Å². The second-order valence-electron chi connectivity index (χ2n) is 9.02. The smallest absolute Gasteiger partial charge is 0.227 e. The SMILES string of the molecule is COc1cc2c(cc1O)CC(=O)N(CCCN(C)C[C@H]1Cc3cc(OC)c(OC)cc31)CC2. The molecule has 0 fully saturated rings. The molecule has 0 unspecified atom stereocenters. The van der Waals surface area contributed by atoms with E-state index in [0.29, 0.717) is 24.6 Å². The zero-order chi connectivity index (χ0) is 23.5. The van der Waals surface area contributed by atoms with Crippen LogP contribution in [0.2, 0.25) is 0 Å². The highest BCUT2D eigenvalue weighted by molar-refractivity contribution is 5.80. The first-order valence-electron chi connectivity index (χ1n) is 11.5. The van der Waals surface area contributed by atoms with Gasteiger partial charge in [-0.15, -0.1) is 0 Å². The lowest BCUT2D eigenvalue weighted by atomic mass is 9.77. The number of phenolic OH excluding ortho intramolecular Hbond substituents is 1. The Morgan fingerprint density at radius 1 is 1.00 bits per heavy atom. The van der Waals surface area contributed by atoms with Crippen molar-refractivity contribution in [3.8, 4) is 23.0 Å². The summed E-state index contributed by atoms with van der Waals surface area (Å²) in [6, 6.07) is 7.72. The van der Waals surface area contributed by atoms with E-state index in [4.69, 9.17) is 14.2 Å². The van der Waals surface area contributed by atoms with Gasteiger partial charge in [0.1, 0.15) is 0 Å². The molecule has 1 heterocycles. The summed E-state index contributed by atoms with van der Waals surface area (Å²) in [4.78, 5) is 17.1. The van der Waals surface area contributed by atoms with Crippen molar-refractivity contribution in [2.75, 3.05) is 54.6 Å². The van der Waals surface area contributed by atoms with Gasteiger partial charge in [-0.05, 0) is 79.4 Å². The molecule has 33 heavy (non-hydrogen) atoms. The second-order valence-corrected chi connectivity index (χ2v) is 9.02. The number of carbonyl (C=O) groups is 1. The molecule has 7 heteroatoms. The van der Waals surface area contributed by atoms with Gasteiger partial charge in [-0.25, -0.2) is 0 Å². The first-order chi connectivity index (χ1) is 15.9. The summed E-state index contributed by atoms with van der Waals surface area (Å²) in [5.41, 5.74) is 4.66. The molecule has 1 N–H and O–H groups in total. The minimum atomic E-state index is 0.0905. The van der Waals surface area contributed by atoms with Crippen LogP contribution in [-0.4, -0.2) is 75.4 Å². The molecular weight excluding hydrogens is 420 g/mol. The molecule has 0 spiro atoms. The van der Waals surface area contributed by atoms with Gasteiger partial charge in [0.15, 0.2) is 23.0 Å². The van der Waals surface area contributed by atoms with Crippen LogP contribution in [0.3, 0.4) is 0 Å². The Hall–Kier alpha value is -2.93. The number of amides is 1. The number of benzene rings is 2. The molecule has 178 valence electrons. The summed E-state index contributed by atoms with van der Waals surface area (Å²) in [6.07, 6.45) is 3.09. The van der Waals surface area contributed by atoms with Crippen molar-refractivity contribution in [1.82, 2.24) is 9.80 Å². The van der Waals surface area contributed by atoms with Crippen molar-refractivity contribution in [1.29, 1.82) is 0 Å². The van der Waals surface area contributed by atoms with Gasteiger partial charge in [0, 0.05) is 25.6 Å². The van der Waals surface area contributed by atoms with E-state index in [2.05, 4.69) is 24.1 Å². The summed E-state index contributed by atoms with van der Waals surface area (Å²) in [7, 11) is 7.03. The number of nitrogens with zero attached hydrogens (tertiary/aromatic N) is 2. The van der Waals surface area contributed by atoms with E-state index in [9.17, 15) is 9.90 Å². The molecule has 1 atom stereocenters.